The quantitative estimate of drug-likeness (QED) is 0.766. The number of aryl methyl sites for hydroxylation is 1. The lowest BCUT2D eigenvalue weighted by atomic mass is 10.0. The largest absolute Gasteiger partial charge is 0.472 e. The summed E-state index contributed by atoms with van der Waals surface area (Å²) in [7, 11) is 1.76. The zero-order valence-electron chi connectivity index (χ0n) is 14.2. The van der Waals surface area contributed by atoms with Crippen LogP contribution in [-0.2, 0) is 26.6 Å². The molecule has 0 atom stereocenters. The molecule has 1 aliphatic rings. The van der Waals surface area contributed by atoms with Crippen molar-refractivity contribution in [2.45, 2.75) is 19.5 Å². The monoisotopic (exact) mass is 367 g/mol. The Kier molecular flexibility index (Phi) is 4.32. The number of furan rings is 1. The lowest BCUT2D eigenvalue weighted by Crippen LogP contribution is -2.29. The van der Waals surface area contributed by atoms with Gasteiger partial charge in [-0.1, -0.05) is 0 Å². The number of nitrogens with one attached hydrogen (secondary N) is 1. The number of hydrogen-bond donors (Lipinski definition) is 1. The van der Waals surface area contributed by atoms with Crippen LogP contribution in [-0.4, -0.2) is 27.1 Å². The molecule has 4 rings (SSSR count). The molecular formula is C18H17N5O2S. The summed E-state index contributed by atoms with van der Waals surface area (Å²) in [5, 5.41) is 17.1. The van der Waals surface area contributed by atoms with E-state index >= 15 is 0 Å². The van der Waals surface area contributed by atoms with Gasteiger partial charge in [-0.25, -0.2) is 0 Å². The van der Waals surface area contributed by atoms with Crippen molar-refractivity contribution < 1.29 is 9.21 Å². The SMILES string of the molecule is Cn1cc(C(=O)Nc2sc3c(c2C#N)CCN(Cc2ccoc2)C3)cn1. The Morgan fingerprint density at radius 2 is 2.42 bits per heavy atom. The van der Waals surface area contributed by atoms with E-state index in [4.69, 9.17) is 4.42 Å². The Hall–Kier alpha value is -2.89. The molecule has 0 bridgehead atoms. The summed E-state index contributed by atoms with van der Waals surface area (Å²) >= 11 is 1.49. The van der Waals surface area contributed by atoms with Crippen LogP contribution in [0.15, 0.2) is 35.4 Å². The van der Waals surface area contributed by atoms with Crippen molar-refractivity contribution in [2.75, 3.05) is 11.9 Å². The van der Waals surface area contributed by atoms with Gasteiger partial charge < -0.3 is 9.73 Å². The molecule has 7 nitrogen and oxygen atoms in total. The third-order valence-electron chi connectivity index (χ3n) is 4.43. The van der Waals surface area contributed by atoms with Crippen molar-refractivity contribution in [3.8, 4) is 6.07 Å². The van der Waals surface area contributed by atoms with Gasteiger partial charge in [0, 0.05) is 43.3 Å². The van der Waals surface area contributed by atoms with E-state index in [1.165, 1.54) is 17.5 Å². The summed E-state index contributed by atoms with van der Waals surface area (Å²) in [4.78, 5) is 15.9. The van der Waals surface area contributed by atoms with E-state index in [9.17, 15) is 10.1 Å². The zero-order valence-corrected chi connectivity index (χ0v) is 15.0. The fourth-order valence-corrected chi connectivity index (χ4v) is 4.39. The highest BCUT2D eigenvalue weighted by molar-refractivity contribution is 7.16. The van der Waals surface area contributed by atoms with Gasteiger partial charge in [-0.15, -0.1) is 11.3 Å². The number of aromatic nitrogens is 2. The third kappa shape index (κ3) is 3.14. The van der Waals surface area contributed by atoms with Crippen molar-refractivity contribution in [3.05, 3.63) is 58.1 Å². The molecule has 1 aliphatic heterocycles. The van der Waals surface area contributed by atoms with Gasteiger partial charge in [0.25, 0.3) is 5.91 Å². The van der Waals surface area contributed by atoms with Crippen LogP contribution in [0.25, 0.3) is 0 Å². The van der Waals surface area contributed by atoms with Crippen LogP contribution in [0.3, 0.4) is 0 Å². The van der Waals surface area contributed by atoms with Crippen molar-refractivity contribution in [2.24, 2.45) is 7.05 Å². The molecule has 1 amide bonds. The zero-order chi connectivity index (χ0) is 18.1. The average Bonchev–Trinajstić information content (AvgIpc) is 3.34. The average molecular weight is 367 g/mol. The van der Waals surface area contributed by atoms with Crippen molar-refractivity contribution in [1.82, 2.24) is 14.7 Å². The molecule has 0 saturated heterocycles. The number of anilines is 1. The van der Waals surface area contributed by atoms with E-state index in [1.54, 1.807) is 30.5 Å². The van der Waals surface area contributed by atoms with Crippen LogP contribution in [0.2, 0.25) is 0 Å². The number of thiophene rings is 1. The molecule has 0 aliphatic carbocycles. The lowest BCUT2D eigenvalue weighted by molar-refractivity contribution is 0.102. The van der Waals surface area contributed by atoms with Crippen molar-refractivity contribution in [1.29, 1.82) is 5.26 Å². The van der Waals surface area contributed by atoms with E-state index in [0.717, 1.165) is 42.1 Å². The van der Waals surface area contributed by atoms with Gasteiger partial charge in [0.15, 0.2) is 0 Å². The third-order valence-corrected chi connectivity index (χ3v) is 5.56. The highest BCUT2D eigenvalue weighted by Gasteiger charge is 2.25. The van der Waals surface area contributed by atoms with Crippen LogP contribution in [0.1, 0.15) is 31.9 Å². The second kappa shape index (κ2) is 6.78. The molecular weight excluding hydrogens is 350 g/mol. The first-order valence-corrected chi connectivity index (χ1v) is 9.03. The molecule has 0 saturated carbocycles. The minimum absolute atomic E-state index is 0.247. The fraction of sp³-hybridized carbons (Fsp3) is 0.278. The first-order chi connectivity index (χ1) is 12.6. The molecule has 0 fully saturated rings. The Morgan fingerprint density at radius 3 is 3.12 bits per heavy atom. The van der Waals surface area contributed by atoms with Crippen LogP contribution in [0.5, 0.6) is 0 Å². The first-order valence-electron chi connectivity index (χ1n) is 8.22. The Morgan fingerprint density at radius 1 is 1.54 bits per heavy atom. The molecule has 3 aromatic heterocycles. The summed E-state index contributed by atoms with van der Waals surface area (Å²) < 4.78 is 6.71. The number of nitriles is 1. The molecule has 3 aromatic rings. The minimum atomic E-state index is -0.247. The van der Waals surface area contributed by atoms with E-state index in [0.29, 0.717) is 16.1 Å². The van der Waals surface area contributed by atoms with Crippen molar-refractivity contribution in [3.63, 3.8) is 0 Å². The van der Waals surface area contributed by atoms with Gasteiger partial charge in [-0.3, -0.25) is 14.4 Å². The van der Waals surface area contributed by atoms with Crippen LogP contribution in [0, 0.1) is 11.3 Å². The van der Waals surface area contributed by atoms with Gasteiger partial charge in [-0.05, 0) is 18.1 Å². The highest BCUT2D eigenvalue weighted by Crippen LogP contribution is 2.37. The molecule has 8 heteroatoms. The normalized spacial score (nSPS) is 14.0. The summed E-state index contributed by atoms with van der Waals surface area (Å²) in [5.74, 6) is -0.247. The molecule has 132 valence electrons. The number of carbonyl (C=O) groups excluding carboxylic acids is 1. The predicted octanol–water partition coefficient (Wildman–Crippen LogP) is 2.76. The summed E-state index contributed by atoms with van der Waals surface area (Å²) in [6.45, 7) is 2.45. The van der Waals surface area contributed by atoms with Crippen LogP contribution in [0.4, 0.5) is 5.00 Å². The molecule has 4 heterocycles. The molecule has 26 heavy (non-hydrogen) atoms. The number of carbonyl (C=O) groups is 1. The molecule has 0 spiro atoms. The molecule has 0 aromatic carbocycles. The Labute approximate surface area is 154 Å². The van der Waals surface area contributed by atoms with Gasteiger partial charge in [0.1, 0.15) is 11.1 Å². The Bertz CT molecular complexity index is 980. The van der Waals surface area contributed by atoms with E-state index < -0.39 is 0 Å². The van der Waals surface area contributed by atoms with E-state index in [1.807, 2.05) is 6.07 Å². The Balaban J connectivity index is 1.54. The number of rotatable bonds is 4. The predicted molar refractivity (Wildman–Crippen MR) is 96.7 cm³/mol. The topological polar surface area (TPSA) is 87.1 Å². The van der Waals surface area contributed by atoms with Crippen LogP contribution < -0.4 is 5.32 Å². The van der Waals surface area contributed by atoms with E-state index in [2.05, 4.69) is 21.4 Å². The number of hydrogen-bond acceptors (Lipinski definition) is 6. The van der Waals surface area contributed by atoms with E-state index in [-0.39, 0.29) is 5.91 Å². The smallest absolute Gasteiger partial charge is 0.259 e. The molecule has 0 radical (unpaired) electrons. The van der Waals surface area contributed by atoms with Gasteiger partial charge in [0.2, 0.25) is 0 Å². The molecule has 1 N–H and O–H groups in total. The van der Waals surface area contributed by atoms with Crippen LogP contribution >= 0.6 is 11.3 Å². The maximum Gasteiger partial charge on any atom is 0.259 e. The summed E-state index contributed by atoms with van der Waals surface area (Å²) in [5.41, 5.74) is 3.26. The maximum atomic E-state index is 12.4. The number of amides is 1. The lowest BCUT2D eigenvalue weighted by Gasteiger charge is -2.26. The summed E-state index contributed by atoms with van der Waals surface area (Å²) in [6, 6.07) is 4.23. The van der Waals surface area contributed by atoms with Gasteiger partial charge in [0.05, 0.1) is 29.9 Å². The second-order valence-electron chi connectivity index (χ2n) is 6.27. The minimum Gasteiger partial charge on any atom is -0.472 e. The standard InChI is InChI=1S/C18H17N5O2S/c1-22-9-13(7-20-22)17(24)21-18-15(6-19)14-2-4-23(10-16(14)26-18)8-12-3-5-25-11-12/h3,5,7,9,11H,2,4,8,10H2,1H3,(H,21,24). The maximum absolute atomic E-state index is 12.4. The van der Waals surface area contributed by atoms with Crippen molar-refractivity contribution >= 4 is 22.2 Å². The fourth-order valence-electron chi connectivity index (χ4n) is 3.15. The number of nitrogens with zero attached hydrogens (tertiary/aromatic N) is 4. The van der Waals surface area contributed by atoms with Gasteiger partial charge in [-0.2, -0.15) is 10.4 Å². The highest BCUT2D eigenvalue weighted by atomic mass is 32.1. The van der Waals surface area contributed by atoms with Gasteiger partial charge >= 0.3 is 0 Å². The number of fused-ring (bicyclic) bond motifs is 1. The first kappa shape index (κ1) is 16.6. The second-order valence-corrected chi connectivity index (χ2v) is 7.37. The summed E-state index contributed by atoms with van der Waals surface area (Å²) in [6.07, 6.45) is 7.40. The molecule has 0 unspecified atom stereocenters.